The van der Waals surface area contributed by atoms with Crippen LogP contribution >= 0.6 is 0 Å². The fraction of sp³-hybridized carbons (Fsp3) is 0.588. The van der Waals surface area contributed by atoms with Crippen LogP contribution in [0.2, 0.25) is 0 Å². The van der Waals surface area contributed by atoms with E-state index in [0.717, 1.165) is 31.8 Å². The van der Waals surface area contributed by atoms with Crippen molar-refractivity contribution in [3.63, 3.8) is 0 Å². The van der Waals surface area contributed by atoms with E-state index in [1.807, 2.05) is 0 Å². The van der Waals surface area contributed by atoms with Crippen LogP contribution in [0.4, 0.5) is 5.82 Å². The maximum absolute atomic E-state index is 4.88. The van der Waals surface area contributed by atoms with Gasteiger partial charge in [-0.25, -0.2) is 4.98 Å². The topological polar surface area (TPSA) is 32.6 Å². The summed E-state index contributed by atoms with van der Waals surface area (Å²) in [4.78, 5) is 7.34. The van der Waals surface area contributed by atoms with Crippen molar-refractivity contribution < 1.29 is 0 Å². The van der Waals surface area contributed by atoms with Crippen molar-refractivity contribution in [1.82, 2.24) is 14.7 Å². The van der Waals surface area contributed by atoms with E-state index in [1.54, 1.807) is 0 Å². The highest BCUT2D eigenvalue weighted by Gasteiger charge is 2.19. The lowest BCUT2D eigenvalue weighted by Gasteiger charge is -2.27. The Morgan fingerprint density at radius 2 is 2.00 bits per heavy atom. The molecule has 4 nitrogen and oxygen atoms in total. The Balaban J connectivity index is 1.89. The molecular weight excluding hydrogens is 260 g/mol. The lowest BCUT2D eigenvalue weighted by atomic mass is 10.1. The second-order valence-corrected chi connectivity index (χ2v) is 6.38. The molecule has 0 unspecified atom stereocenters. The number of fused-ring (bicyclic) bond motifs is 1. The van der Waals surface area contributed by atoms with E-state index in [-0.39, 0.29) is 0 Å². The summed E-state index contributed by atoms with van der Waals surface area (Å²) >= 11 is 0. The second kappa shape index (κ2) is 6.48. The predicted octanol–water partition coefficient (Wildman–Crippen LogP) is 3.07. The molecule has 0 bridgehead atoms. The van der Waals surface area contributed by atoms with Crippen LogP contribution in [-0.2, 0) is 6.54 Å². The van der Waals surface area contributed by atoms with Gasteiger partial charge in [0.25, 0.3) is 0 Å². The minimum absolute atomic E-state index is 0.669. The van der Waals surface area contributed by atoms with Crippen LogP contribution in [0.1, 0.15) is 38.8 Å². The Kier molecular flexibility index (Phi) is 4.44. The molecule has 0 saturated carbocycles. The largest absolute Gasteiger partial charge is 0.355 e. The molecule has 0 atom stereocenters. The summed E-state index contributed by atoms with van der Waals surface area (Å²) in [6, 6.07) is 6.24. The van der Waals surface area contributed by atoms with Gasteiger partial charge in [0.1, 0.15) is 5.65 Å². The van der Waals surface area contributed by atoms with Crippen molar-refractivity contribution in [3.8, 4) is 0 Å². The van der Waals surface area contributed by atoms with E-state index in [9.17, 15) is 0 Å². The average Bonchev–Trinajstić information content (AvgIpc) is 2.87. The Labute approximate surface area is 127 Å². The molecule has 3 heterocycles. The molecule has 3 rings (SSSR count). The fourth-order valence-corrected chi connectivity index (χ4v) is 3.04. The number of anilines is 1. The molecule has 1 N–H and O–H groups in total. The van der Waals surface area contributed by atoms with E-state index >= 15 is 0 Å². The van der Waals surface area contributed by atoms with Gasteiger partial charge in [-0.15, -0.1) is 0 Å². The SMILES string of the molecule is CC(C)CNCc1c(N2CCCCC2)nc2ccccn12. The summed E-state index contributed by atoms with van der Waals surface area (Å²) < 4.78 is 2.23. The van der Waals surface area contributed by atoms with Crippen molar-refractivity contribution in [2.45, 2.75) is 39.7 Å². The molecule has 114 valence electrons. The van der Waals surface area contributed by atoms with Gasteiger partial charge in [0.15, 0.2) is 5.82 Å². The van der Waals surface area contributed by atoms with E-state index in [2.05, 4.69) is 52.9 Å². The number of aromatic nitrogens is 2. The van der Waals surface area contributed by atoms with Crippen molar-refractivity contribution in [3.05, 3.63) is 30.1 Å². The smallest absolute Gasteiger partial charge is 0.152 e. The standard InChI is InChI=1S/C17H26N4/c1-14(2)12-18-13-15-17(20-9-5-3-6-10-20)19-16-8-4-7-11-21(15)16/h4,7-8,11,14,18H,3,5-6,9-10,12-13H2,1-2H3. The Hall–Kier alpha value is -1.55. The normalized spacial score (nSPS) is 16.0. The van der Waals surface area contributed by atoms with Crippen LogP contribution in [-0.4, -0.2) is 29.0 Å². The van der Waals surface area contributed by atoms with E-state index < -0.39 is 0 Å². The first-order valence-corrected chi connectivity index (χ1v) is 8.17. The molecule has 4 heteroatoms. The summed E-state index contributed by atoms with van der Waals surface area (Å²) in [6.45, 7) is 8.69. The van der Waals surface area contributed by atoms with Crippen LogP contribution in [0.5, 0.6) is 0 Å². The predicted molar refractivity (Wildman–Crippen MR) is 87.8 cm³/mol. The molecule has 0 radical (unpaired) electrons. The van der Waals surface area contributed by atoms with Crippen LogP contribution < -0.4 is 10.2 Å². The minimum Gasteiger partial charge on any atom is -0.355 e. The van der Waals surface area contributed by atoms with Gasteiger partial charge in [0.2, 0.25) is 0 Å². The lowest BCUT2D eigenvalue weighted by Crippen LogP contribution is -2.31. The molecule has 0 amide bonds. The van der Waals surface area contributed by atoms with Gasteiger partial charge in [0, 0.05) is 25.8 Å². The summed E-state index contributed by atoms with van der Waals surface area (Å²) in [5, 5.41) is 3.57. The molecule has 1 saturated heterocycles. The number of piperidine rings is 1. The molecular formula is C17H26N4. The van der Waals surface area contributed by atoms with Gasteiger partial charge in [-0.05, 0) is 43.9 Å². The third-order valence-corrected chi connectivity index (χ3v) is 4.11. The second-order valence-electron chi connectivity index (χ2n) is 6.38. The van der Waals surface area contributed by atoms with Gasteiger partial charge in [-0.1, -0.05) is 19.9 Å². The van der Waals surface area contributed by atoms with Crippen molar-refractivity contribution in [2.24, 2.45) is 5.92 Å². The molecule has 0 spiro atoms. The zero-order chi connectivity index (χ0) is 14.7. The van der Waals surface area contributed by atoms with Crippen molar-refractivity contribution in [2.75, 3.05) is 24.5 Å². The molecule has 1 aliphatic heterocycles. The molecule has 2 aromatic rings. The highest BCUT2D eigenvalue weighted by atomic mass is 15.2. The number of pyridine rings is 1. The van der Waals surface area contributed by atoms with Crippen molar-refractivity contribution in [1.29, 1.82) is 0 Å². The van der Waals surface area contributed by atoms with Gasteiger partial charge < -0.3 is 14.6 Å². The van der Waals surface area contributed by atoms with Gasteiger partial charge in [0.05, 0.1) is 5.69 Å². The van der Waals surface area contributed by atoms with E-state index in [4.69, 9.17) is 4.98 Å². The highest BCUT2D eigenvalue weighted by molar-refractivity contribution is 5.56. The monoisotopic (exact) mass is 286 g/mol. The maximum Gasteiger partial charge on any atom is 0.152 e. The highest BCUT2D eigenvalue weighted by Crippen LogP contribution is 2.24. The average molecular weight is 286 g/mol. The van der Waals surface area contributed by atoms with Crippen molar-refractivity contribution >= 4 is 11.5 Å². The summed E-state index contributed by atoms with van der Waals surface area (Å²) in [5.41, 5.74) is 2.35. The molecule has 0 aliphatic carbocycles. The zero-order valence-electron chi connectivity index (χ0n) is 13.2. The number of nitrogens with zero attached hydrogens (tertiary/aromatic N) is 3. The van der Waals surface area contributed by atoms with E-state index in [0.29, 0.717) is 5.92 Å². The Bertz CT molecular complexity index is 581. The molecule has 1 aliphatic rings. The first-order chi connectivity index (χ1) is 10.3. The van der Waals surface area contributed by atoms with Gasteiger partial charge in [-0.3, -0.25) is 0 Å². The zero-order valence-corrected chi connectivity index (χ0v) is 13.2. The van der Waals surface area contributed by atoms with Gasteiger partial charge >= 0.3 is 0 Å². The Morgan fingerprint density at radius 3 is 2.76 bits per heavy atom. The third kappa shape index (κ3) is 3.21. The Morgan fingerprint density at radius 1 is 1.19 bits per heavy atom. The quantitative estimate of drug-likeness (QED) is 0.917. The first kappa shape index (κ1) is 14.4. The van der Waals surface area contributed by atoms with Crippen LogP contribution in [0.3, 0.4) is 0 Å². The summed E-state index contributed by atoms with van der Waals surface area (Å²) in [5.74, 6) is 1.85. The molecule has 0 aromatic carbocycles. The first-order valence-electron chi connectivity index (χ1n) is 8.17. The molecule has 2 aromatic heterocycles. The lowest BCUT2D eigenvalue weighted by molar-refractivity contribution is 0.541. The number of nitrogens with one attached hydrogen (secondary N) is 1. The van der Waals surface area contributed by atoms with Gasteiger partial charge in [-0.2, -0.15) is 0 Å². The van der Waals surface area contributed by atoms with Crippen LogP contribution in [0, 0.1) is 5.92 Å². The number of rotatable bonds is 5. The molecule has 21 heavy (non-hydrogen) atoms. The maximum atomic E-state index is 4.88. The van der Waals surface area contributed by atoms with Crippen LogP contribution in [0.25, 0.3) is 5.65 Å². The third-order valence-electron chi connectivity index (χ3n) is 4.11. The fourth-order valence-electron chi connectivity index (χ4n) is 3.04. The minimum atomic E-state index is 0.669. The number of hydrogen-bond acceptors (Lipinski definition) is 3. The van der Waals surface area contributed by atoms with E-state index in [1.165, 1.54) is 30.8 Å². The number of imidazole rings is 1. The molecule has 1 fully saturated rings. The summed E-state index contributed by atoms with van der Waals surface area (Å²) in [6.07, 6.45) is 6.05. The van der Waals surface area contributed by atoms with Crippen LogP contribution in [0.15, 0.2) is 24.4 Å². The number of hydrogen-bond donors (Lipinski definition) is 1. The summed E-state index contributed by atoms with van der Waals surface area (Å²) in [7, 11) is 0.